The topological polar surface area (TPSA) is 41.4 Å². The molecule has 5 nitrogen and oxygen atoms in total. The minimum atomic E-state index is -0.182. The van der Waals surface area contributed by atoms with Gasteiger partial charge >= 0.3 is 0 Å². The van der Waals surface area contributed by atoms with Crippen LogP contribution in [0.15, 0.2) is 54.8 Å². The molecule has 0 unspecified atom stereocenters. The van der Waals surface area contributed by atoms with Crippen molar-refractivity contribution in [2.24, 2.45) is 0 Å². The van der Waals surface area contributed by atoms with Gasteiger partial charge in [0.15, 0.2) is 0 Å². The van der Waals surface area contributed by atoms with Gasteiger partial charge < -0.3 is 9.80 Å². The number of hydrogen-bond acceptors (Lipinski definition) is 3. The van der Waals surface area contributed by atoms with Gasteiger partial charge in [0, 0.05) is 43.1 Å². The van der Waals surface area contributed by atoms with Crippen LogP contribution in [0, 0.1) is 19.7 Å². The number of carbonyl (C=O) groups is 1. The Kier molecular flexibility index (Phi) is 7.67. The highest BCUT2D eigenvalue weighted by Gasteiger charge is 2.22. The second-order valence-corrected chi connectivity index (χ2v) is 8.20. The average molecular weight is 437 g/mol. The third-order valence-electron chi connectivity index (χ3n) is 5.87. The molecular formula is C26H33FN4O. The molecule has 32 heavy (non-hydrogen) atoms. The van der Waals surface area contributed by atoms with Crippen molar-refractivity contribution in [3.05, 3.63) is 77.4 Å². The summed E-state index contributed by atoms with van der Waals surface area (Å²) in [5.41, 5.74) is 4.81. The van der Waals surface area contributed by atoms with E-state index < -0.39 is 0 Å². The molecule has 0 N–H and O–H groups in total. The van der Waals surface area contributed by atoms with Crippen LogP contribution >= 0.6 is 0 Å². The largest absolute Gasteiger partial charge is 0.368 e. The molecule has 2 aromatic rings. The summed E-state index contributed by atoms with van der Waals surface area (Å²) in [4.78, 5) is 17.1. The summed E-state index contributed by atoms with van der Waals surface area (Å²) in [5, 5.41) is 4.69. The Bertz CT molecular complexity index is 1020. The smallest absolute Gasteiger partial charge is 0.244 e. The van der Waals surface area contributed by atoms with E-state index in [1.165, 1.54) is 0 Å². The maximum Gasteiger partial charge on any atom is 0.244 e. The molecule has 1 amide bonds. The van der Waals surface area contributed by atoms with E-state index in [1.54, 1.807) is 18.5 Å². The van der Waals surface area contributed by atoms with Crippen LogP contribution in [-0.2, 0) is 17.8 Å². The maximum absolute atomic E-state index is 14.0. The number of nitrogens with zero attached hydrogens (tertiary/aromatic N) is 4. The van der Waals surface area contributed by atoms with Crippen molar-refractivity contribution in [1.29, 1.82) is 0 Å². The number of hydrogen-bond donors (Lipinski definition) is 0. The number of amides is 1. The van der Waals surface area contributed by atoms with E-state index in [0.717, 1.165) is 42.2 Å². The highest BCUT2D eigenvalue weighted by molar-refractivity contribution is 5.76. The maximum atomic E-state index is 14.0. The molecule has 1 aliphatic heterocycles. The van der Waals surface area contributed by atoms with E-state index in [9.17, 15) is 9.18 Å². The van der Waals surface area contributed by atoms with E-state index in [2.05, 4.69) is 23.5 Å². The van der Waals surface area contributed by atoms with Crippen LogP contribution in [0.25, 0.3) is 11.3 Å². The number of aromatic nitrogens is 2. The van der Waals surface area contributed by atoms with Gasteiger partial charge in [0.2, 0.25) is 5.91 Å². The van der Waals surface area contributed by atoms with Crippen molar-refractivity contribution in [1.82, 2.24) is 19.6 Å². The second-order valence-electron chi connectivity index (χ2n) is 8.20. The van der Waals surface area contributed by atoms with Crippen molar-refractivity contribution in [2.45, 2.75) is 40.7 Å². The Labute approximate surface area is 190 Å². The standard InChI is InChI=1S/C26H33FN4O/c1-6-8-9-10-21(5)29-11-13-30(14-12-29)25(32)18-31-23(7-2)17-24(28-31)22-15-19(3)26(27)20(4)16-22/h6,8-10,15-17H,5,7,11-14,18H2,1-4H3/b8-6-,10-9-. The van der Waals surface area contributed by atoms with Crippen molar-refractivity contribution >= 4 is 5.91 Å². The SMILES string of the molecule is C=C(/C=C\C=C/C)N1CCN(C(=O)Cn2nc(-c3cc(C)c(F)c(C)c3)cc2CC)CC1. The third-order valence-corrected chi connectivity index (χ3v) is 5.87. The Morgan fingerprint density at radius 1 is 1.09 bits per heavy atom. The molecule has 1 saturated heterocycles. The lowest BCUT2D eigenvalue weighted by atomic mass is 10.0. The van der Waals surface area contributed by atoms with Crippen molar-refractivity contribution < 1.29 is 9.18 Å². The summed E-state index contributed by atoms with van der Waals surface area (Å²) in [7, 11) is 0. The van der Waals surface area contributed by atoms with E-state index in [0.29, 0.717) is 24.2 Å². The number of allylic oxidation sites excluding steroid dienone is 4. The van der Waals surface area contributed by atoms with Crippen LogP contribution in [0.1, 0.15) is 30.7 Å². The van der Waals surface area contributed by atoms with Crippen molar-refractivity contribution in [3.63, 3.8) is 0 Å². The summed E-state index contributed by atoms with van der Waals surface area (Å²) < 4.78 is 15.8. The van der Waals surface area contributed by atoms with Gasteiger partial charge in [-0.2, -0.15) is 5.10 Å². The molecule has 6 heteroatoms. The van der Waals surface area contributed by atoms with Crippen LogP contribution < -0.4 is 0 Å². The quantitative estimate of drug-likeness (QED) is 0.593. The van der Waals surface area contributed by atoms with Gasteiger partial charge in [-0.15, -0.1) is 0 Å². The number of piperazine rings is 1. The summed E-state index contributed by atoms with van der Waals surface area (Å²) in [6.07, 6.45) is 8.69. The fraction of sp³-hybridized carbons (Fsp3) is 0.385. The zero-order valence-corrected chi connectivity index (χ0v) is 19.6. The first-order valence-electron chi connectivity index (χ1n) is 11.2. The van der Waals surface area contributed by atoms with E-state index in [1.807, 2.05) is 54.3 Å². The van der Waals surface area contributed by atoms with Gasteiger partial charge in [0.05, 0.1) is 5.69 Å². The number of rotatable bonds is 7. The second kappa shape index (κ2) is 10.4. The Balaban J connectivity index is 1.66. The van der Waals surface area contributed by atoms with E-state index >= 15 is 0 Å². The minimum Gasteiger partial charge on any atom is -0.368 e. The summed E-state index contributed by atoms with van der Waals surface area (Å²) >= 11 is 0. The van der Waals surface area contributed by atoms with E-state index in [4.69, 9.17) is 0 Å². The molecule has 0 aliphatic carbocycles. The average Bonchev–Trinajstić information content (AvgIpc) is 3.20. The number of aryl methyl sites for hydroxylation is 3. The van der Waals surface area contributed by atoms with Crippen molar-refractivity contribution in [3.8, 4) is 11.3 Å². The molecule has 0 radical (unpaired) electrons. The molecule has 0 spiro atoms. The van der Waals surface area contributed by atoms with Gasteiger partial charge in [0.1, 0.15) is 12.4 Å². The molecular weight excluding hydrogens is 403 g/mol. The van der Waals surface area contributed by atoms with Gasteiger partial charge in [-0.25, -0.2) is 4.39 Å². The highest BCUT2D eigenvalue weighted by Crippen LogP contribution is 2.25. The first-order valence-corrected chi connectivity index (χ1v) is 11.2. The van der Waals surface area contributed by atoms with Gasteiger partial charge in [-0.3, -0.25) is 9.48 Å². The minimum absolute atomic E-state index is 0.0653. The number of benzene rings is 1. The Morgan fingerprint density at radius 2 is 1.72 bits per heavy atom. The molecule has 0 atom stereocenters. The molecule has 1 aromatic heterocycles. The monoisotopic (exact) mass is 436 g/mol. The van der Waals surface area contributed by atoms with Crippen LogP contribution in [0.4, 0.5) is 4.39 Å². The Morgan fingerprint density at radius 3 is 2.31 bits per heavy atom. The fourth-order valence-electron chi connectivity index (χ4n) is 3.97. The zero-order chi connectivity index (χ0) is 23.3. The highest BCUT2D eigenvalue weighted by atomic mass is 19.1. The molecule has 170 valence electrons. The first-order chi connectivity index (χ1) is 15.3. The lowest BCUT2D eigenvalue weighted by molar-refractivity contribution is -0.133. The van der Waals surface area contributed by atoms with Crippen molar-refractivity contribution in [2.75, 3.05) is 26.2 Å². The number of halogens is 1. The molecule has 3 rings (SSSR count). The molecule has 2 heterocycles. The zero-order valence-electron chi connectivity index (χ0n) is 19.6. The van der Waals surface area contributed by atoms with Crippen LogP contribution in [0.2, 0.25) is 0 Å². The molecule has 1 aliphatic rings. The Hall–Kier alpha value is -3.15. The van der Waals surface area contributed by atoms with Crippen LogP contribution in [0.5, 0.6) is 0 Å². The fourth-order valence-corrected chi connectivity index (χ4v) is 3.97. The predicted octanol–water partition coefficient (Wildman–Crippen LogP) is 4.66. The summed E-state index contributed by atoms with van der Waals surface area (Å²) in [6, 6.07) is 5.62. The molecule has 0 saturated carbocycles. The summed E-state index contributed by atoms with van der Waals surface area (Å²) in [6.45, 7) is 14.8. The lowest BCUT2D eigenvalue weighted by Crippen LogP contribution is -2.48. The number of carbonyl (C=O) groups excluding carboxylic acids is 1. The van der Waals surface area contributed by atoms with Gasteiger partial charge in [-0.05, 0) is 62.6 Å². The molecule has 1 fully saturated rings. The summed E-state index contributed by atoms with van der Waals surface area (Å²) in [5.74, 6) is -0.117. The predicted molar refractivity (Wildman–Crippen MR) is 128 cm³/mol. The van der Waals surface area contributed by atoms with Crippen LogP contribution in [-0.4, -0.2) is 51.7 Å². The van der Waals surface area contributed by atoms with Crippen LogP contribution in [0.3, 0.4) is 0 Å². The molecule has 0 bridgehead atoms. The third kappa shape index (κ3) is 5.36. The molecule has 1 aromatic carbocycles. The normalized spacial score (nSPS) is 14.7. The first kappa shape index (κ1) is 23.5. The van der Waals surface area contributed by atoms with Gasteiger partial charge in [0.25, 0.3) is 0 Å². The van der Waals surface area contributed by atoms with Gasteiger partial charge in [-0.1, -0.05) is 31.7 Å². The lowest BCUT2D eigenvalue weighted by Gasteiger charge is -2.36. The van der Waals surface area contributed by atoms with E-state index in [-0.39, 0.29) is 18.3 Å².